The van der Waals surface area contributed by atoms with Crippen molar-refractivity contribution in [2.24, 2.45) is 0 Å². The quantitative estimate of drug-likeness (QED) is 0.725. The fraction of sp³-hybridized carbons (Fsp3) is 0.364. The minimum Gasteiger partial charge on any atom is -0.395 e. The highest BCUT2D eigenvalue weighted by Crippen LogP contribution is 2.16. The van der Waals surface area contributed by atoms with Crippen molar-refractivity contribution in [3.63, 3.8) is 0 Å². The van der Waals surface area contributed by atoms with Gasteiger partial charge in [0.1, 0.15) is 0 Å². The zero-order valence-electron chi connectivity index (χ0n) is 16.0. The van der Waals surface area contributed by atoms with E-state index in [4.69, 9.17) is 0 Å². The molecule has 28 heavy (non-hydrogen) atoms. The normalized spacial score (nSPS) is 17.2. The van der Waals surface area contributed by atoms with Gasteiger partial charge in [-0.25, -0.2) is 0 Å². The zero-order valence-corrected chi connectivity index (χ0v) is 16.0. The summed E-state index contributed by atoms with van der Waals surface area (Å²) in [4.78, 5) is 29.1. The second kappa shape index (κ2) is 10.0. The molecule has 1 saturated heterocycles. The van der Waals surface area contributed by atoms with Crippen LogP contribution in [0, 0.1) is 0 Å². The topological polar surface area (TPSA) is 72.9 Å². The van der Waals surface area contributed by atoms with E-state index in [2.05, 4.69) is 10.2 Å². The molecule has 0 saturated carbocycles. The van der Waals surface area contributed by atoms with E-state index in [0.29, 0.717) is 26.2 Å². The predicted octanol–water partition coefficient (Wildman–Crippen LogP) is 1.40. The van der Waals surface area contributed by atoms with E-state index in [9.17, 15) is 14.7 Å². The molecule has 148 valence electrons. The molecule has 2 amide bonds. The Balaban J connectivity index is 1.69. The molecule has 0 bridgehead atoms. The molecular weight excluding hydrogens is 354 g/mol. The molecule has 1 heterocycles. The lowest BCUT2D eigenvalue weighted by molar-refractivity contribution is -0.139. The van der Waals surface area contributed by atoms with Gasteiger partial charge in [0.25, 0.3) is 0 Å². The van der Waals surface area contributed by atoms with E-state index in [1.54, 1.807) is 4.90 Å². The molecule has 0 aliphatic carbocycles. The zero-order chi connectivity index (χ0) is 19.8. The van der Waals surface area contributed by atoms with Gasteiger partial charge < -0.3 is 15.3 Å². The van der Waals surface area contributed by atoms with Crippen molar-refractivity contribution in [2.75, 3.05) is 26.2 Å². The minimum absolute atomic E-state index is 0.103. The first-order chi connectivity index (χ1) is 13.7. The molecule has 1 unspecified atom stereocenters. The number of nitrogens with zero attached hydrogens (tertiary/aromatic N) is 2. The smallest absolute Gasteiger partial charge is 0.237 e. The Bertz CT molecular complexity index is 767. The summed E-state index contributed by atoms with van der Waals surface area (Å²) in [6.45, 7) is 2.49. The van der Waals surface area contributed by atoms with Crippen molar-refractivity contribution in [1.29, 1.82) is 0 Å². The van der Waals surface area contributed by atoms with E-state index in [-0.39, 0.29) is 31.4 Å². The van der Waals surface area contributed by atoms with Crippen LogP contribution in [-0.4, -0.2) is 59.0 Å². The highest BCUT2D eigenvalue weighted by Gasteiger charge is 2.32. The SMILES string of the molecule is O=C1NCCN(Cc2ccccc2)C1CC(=O)N(CCO)Cc1ccccc1. The van der Waals surface area contributed by atoms with Crippen LogP contribution in [0.2, 0.25) is 0 Å². The van der Waals surface area contributed by atoms with E-state index in [1.807, 2.05) is 60.7 Å². The van der Waals surface area contributed by atoms with Crippen LogP contribution >= 0.6 is 0 Å². The summed E-state index contributed by atoms with van der Waals surface area (Å²) in [6, 6.07) is 19.1. The van der Waals surface area contributed by atoms with Gasteiger partial charge in [0.05, 0.1) is 19.1 Å². The molecule has 1 fully saturated rings. The molecule has 3 rings (SSSR count). The van der Waals surface area contributed by atoms with Gasteiger partial charge in [0, 0.05) is 32.7 Å². The maximum atomic E-state index is 13.0. The first-order valence-corrected chi connectivity index (χ1v) is 9.65. The lowest BCUT2D eigenvalue weighted by atomic mass is 10.1. The Hall–Kier alpha value is -2.70. The number of benzene rings is 2. The molecular formula is C22H27N3O3. The Morgan fingerprint density at radius 2 is 1.71 bits per heavy atom. The summed E-state index contributed by atoms with van der Waals surface area (Å²) in [5.41, 5.74) is 2.12. The average Bonchev–Trinajstić information content (AvgIpc) is 2.72. The highest BCUT2D eigenvalue weighted by molar-refractivity contribution is 5.88. The Morgan fingerprint density at radius 3 is 2.36 bits per heavy atom. The van der Waals surface area contributed by atoms with Gasteiger partial charge in [-0.1, -0.05) is 60.7 Å². The second-order valence-electron chi connectivity index (χ2n) is 6.99. The van der Waals surface area contributed by atoms with Gasteiger partial charge >= 0.3 is 0 Å². The number of piperazine rings is 1. The lowest BCUT2D eigenvalue weighted by Crippen LogP contribution is -2.56. The van der Waals surface area contributed by atoms with Crippen LogP contribution in [-0.2, 0) is 22.7 Å². The van der Waals surface area contributed by atoms with Gasteiger partial charge in [-0.05, 0) is 11.1 Å². The number of nitrogens with one attached hydrogen (secondary N) is 1. The van der Waals surface area contributed by atoms with Gasteiger partial charge in [-0.15, -0.1) is 0 Å². The van der Waals surface area contributed by atoms with Crippen molar-refractivity contribution < 1.29 is 14.7 Å². The molecule has 1 atom stereocenters. The van der Waals surface area contributed by atoms with E-state index < -0.39 is 6.04 Å². The number of rotatable bonds is 8. The van der Waals surface area contributed by atoms with E-state index in [0.717, 1.165) is 11.1 Å². The van der Waals surface area contributed by atoms with E-state index in [1.165, 1.54) is 0 Å². The van der Waals surface area contributed by atoms with Gasteiger partial charge in [-0.2, -0.15) is 0 Å². The standard InChI is InChI=1S/C22H27N3O3/c26-14-13-25(17-19-9-5-2-6-10-19)21(27)15-20-22(28)23-11-12-24(20)16-18-7-3-1-4-8-18/h1-10,20,26H,11-17H2,(H,23,28). The van der Waals surface area contributed by atoms with Crippen LogP contribution in [0.5, 0.6) is 0 Å². The Kier molecular flexibility index (Phi) is 7.17. The molecule has 6 nitrogen and oxygen atoms in total. The van der Waals surface area contributed by atoms with Crippen molar-refractivity contribution >= 4 is 11.8 Å². The summed E-state index contributed by atoms with van der Waals surface area (Å²) < 4.78 is 0. The van der Waals surface area contributed by atoms with Crippen LogP contribution in [0.3, 0.4) is 0 Å². The fourth-order valence-corrected chi connectivity index (χ4v) is 3.50. The molecule has 0 radical (unpaired) electrons. The summed E-state index contributed by atoms with van der Waals surface area (Å²) in [5.74, 6) is -0.239. The van der Waals surface area contributed by atoms with Crippen molar-refractivity contribution in [3.05, 3.63) is 71.8 Å². The predicted molar refractivity (Wildman–Crippen MR) is 107 cm³/mol. The third kappa shape index (κ3) is 5.41. The number of hydrogen-bond donors (Lipinski definition) is 2. The maximum Gasteiger partial charge on any atom is 0.237 e. The molecule has 6 heteroatoms. The summed E-state index contributed by atoms with van der Waals surface area (Å²) in [5, 5.41) is 12.3. The molecule has 2 aromatic carbocycles. The molecule has 1 aliphatic rings. The van der Waals surface area contributed by atoms with Crippen molar-refractivity contribution in [2.45, 2.75) is 25.6 Å². The van der Waals surface area contributed by atoms with Crippen LogP contribution < -0.4 is 5.32 Å². The monoisotopic (exact) mass is 381 g/mol. The van der Waals surface area contributed by atoms with Crippen LogP contribution in [0.25, 0.3) is 0 Å². The van der Waals surface area contributed by atoms with Crippen LogP contribution in [0.4, 0.5) is 0 Å². The highest BCUT2D eigenvalue weighted by atomic mass is 16.3. The molecule has 2 aromatic rings. The summed E-state index contributed by atoms with van der Waals surface area (Å²) >= 11 is 0. The maximum absolute atomic E-state index is 13.0. The number of hydrogen-bond acceptors (Lipinski definition) is 4. The van der Waals surface area contributed by atoms with Crippen LogP contribution in [0.15, 0.2) is 60.7 Å². The number of amides is 2. The third-order valence-electron chi connectivity index (χ3n) is 4.98. The first-order valence-electron chi connectivity index (χ1n) is 9.65. The number of carbonyl (C=O) groups is 2. The molecule has 0 spiro atoms. The molecule has 1 aliphatic heterocycles. The van der Waals surface area contributed by atoms with Gasteiger partial charge in [0.15, 0.2) is 0 Å². The van der Waals surface area contributed by atoms with Crippen molar-refractivity contribution in [1.82, 2.24) is 15.1 Å². The third-order valence-corrected chi connectivity index (χ3v) is 4.98. The number of carbonyl (C=O) groups excluding carboxylic acids is 2. The van der Waals surface area contributed by atoms with Crippen LogP contribution in [0.1, 0.15) is 17.5 Å². The summed E-state index contributed by atoms with van der Waals surface area (Å²) in [6.07, 6.45) is 0.103. The number of aliphatic hydroxyl groups is 1. The summed E-state index contributed by atoms with van der Waals surface area (Å²) in [7, 11) is 0. The van der Waals surface area contributed by atoms with Crippen molar-refractivity contribution in [3.8, 4) is 0 Å². The Labute approximate surface area is 165 Å². The molecule has 2 N–H and O–H groups in total. The van der Waals surface area contributed by atoms with E-state index >= 15 is 0 Å². The average molecular weight is 381 g/mol. The first kappa shape index (κ1) is 20.0. The second-order valence-corrected chi connectivity index (χ2v) is 6.99. The lowest BCUT2D eigenvalue weighted by Gasteiger charge is -2.35. The van der Waals surface area contributed by atoms with Gasteiger partial charge in [0.2, 0.25) is 11.8 Å². The fourth-order valence-electron chi connectivity index (χ4n) is 3.50. The molecule has 0 aromatic heterocycles. The largest absolute Gasteiger partial charge is 0.395 e. The van der Waals surface area contributed by atoms with Gasteiger partial charge in [-0.3, -0.25) is 14.5 Å². The number of aliphatic hydroxyl groups excluding tert-OH is 1. The minimum atomic E-state index is -0.501. The Morgan fingerprint density at radius 1 is 1.07 bits per heavy atom.